The van der Waals surface area contributed by atoms with E-state index in [1.165, 1.54) is 6.07 Å². The van der Waals surface area contributed by atoms with E-state index < -0.39 is 11.7 Å². The van der Waals surface area contributed by atoms with E-state index in [0.717, 1.165) is 11.8 Å². The van der Waals surface area contributed by atoms with Crippen LogP contribution in [0.4, 0.5) is 26.4 Å². The van der Waals surface area contributed by atoms with Gasteiger partial charge in [-0.15, -0.1) is 0 Å². The standard InChI is InChI=1S/C12H12F2N6OS2/c13-9(14)23-7-4-2-1-3-6(7)17-8(21)5-22-12-19-10(15)18-11(16)20-12/h1-4,9H,5H2,(H,17,21)(H4,15,16,18,19,20). The van der Waals surface area contributed by atoms with Gasteiger partial charge in [0.25, 0.3) is 5.76 Å². The highest BCUT2D eigenvalue weighted by Crippen LogP contribution is 2.31. The molecule has 122 valence electrons. The molecule has 7 nitrogen and oxygen atoms in total. The molecule has 0 aliphatic carbocycles. The number of alkyl halides is 2. The summed E-state index contributed by atoms with van der Waals surface area (Å²) >= 11 is 1.37. The van der Waals surface area contributed by atoms with E-state index in [4.69, 9.17) is 11.5 Å². The number of halogens is 2. The van der Waals surface area contributed by atoms with E-state index in [-0.39, 0.29) is 27.7 Å². The van der Waals surface area contributed by atoms with Gasteiger partial charge in [0.1, 0.15) is 0 Å². The summed E-state index contributed by atoms with van der Waals surface area (Å²) in [4.78, 5) is 23.5. The van der Waals surface area contributed by atoms with Crippen LogP contribution in [0.1, 0.15) is 0 Å². The second-order valence-electron chi connectivity index (χ2n) is 4.05. The van der Waals surface area contributed by atoms with Gasteiger partial charge in [-0.05, 0) is 12.1 Å². The van der Waals surface area contributed by atoms with Gasteiger partial charge in [0.2, 0.25) is 17.8 Å². The third-order valence-corrected chi connectivity index (χ3v) is 3.99. The van der Waals surface area contributed by atoms with E-state index in [1.807, 2.05) is 0 Å². The first kappa shape index (κ1) is 17.2. The number of hydrogen-bond donors (Lipinski definition) is 3. The second kappa shape index (κ2) is 7.92. The molecule has 0 aliphatic heterocycles. The Bertz CT molecular complexity index is 683. The number of amides is 1. The molecule has 1 heterocycles. The largest absolute Gasteiger partial charge is 0.368 e. The summed E-state index contributed by atoms with van der Waals surface area (Å²) in [6.07, 6.45) is 0. The van der Waals surface area contributed by atoms with Gasteiger partial charge in [-0.1, -0.05) is 35.7 Å². The maximum absolute atomic E-state index is 12.5. The van der Waals surface area contributed by atoms with Gasteiger partial charge in [-0.2, -0.15) is 23.7 Å². The number of carbonyl (C=O) groups is 1. The molecule has 11 heteroatoms. The van der Waals surface area contributed by atoms with Gasteiger partial charge in [0.05, 0.1) is 11.4 Å². The Balaban J connectivity index is 1.97. The molecule has 2 aromatic rings. The lowest BCUT2D eigenvalue weighted by molar-refractivity contribution is -0.113. The minimum atomic E-state index is -2.57. The number of nitrogen functional groups attached to an aromatic ring is 2. The Hall–Kier alpha value is -2.14. The van der Waals surface area contributed by atoms with Crippen LogP contribution in [0.2, 0.25) is 0 Å². The third-order valence-electron chi connectivity index (χ3n) is 2.36. The molecule has 0 radical (unpaired) electrons. The summed E-state index contributed by atoms with van der Waals surface area (Å²) in [5.41, 5.74) is 11.2. The van der Waals surface area contributed by atoms with Crippen molar-refractivity contribution < 1.29 is 13.6 Å². The number of nitrogens with one attached hydrogen (secondary N) is 1. The van der Waals surface area contributed by atoms with Crippen LogP contribution in [0.3, 0.4) is 0 Å². The fraction of sp³-hybridized carbons (Fsp3) is 0.167. The van der Waals surface area contributed by atoms with Crippen LogP contribution >= 0.6 is 23.5 Å². The van der Waals surface area contributed by atoms with Gasteiger partial charge in [-0.25, -0.2) is 0 Å². The van der Waals surface area contributed by atoms with Crippen molar-refractivity contribution in [3.05, 3.63) is 24.3 Å². The molecule has 1 aromatic heterocycles. The molecule has 0 atom stereocenters. The van der Waals surface area contributed by atoms with Crippen LogP contribution in [0.25, 0.3) is 0 Å². The van der Waals surface area contributed by atoms with Gasteiger partial charge in [0, 0.05) is 4.90 Å². The Labute approximate surface area is 138 Å². The van der Waals surface area contributed by atoms with Crippen LogP contribution < -0.4 is 16.8 Å². The van der Waals surface area contributed by atoms with Crippen molar-refractivity contribution >= 4 is 47.0 Å². The maximum atomic E-state index is 12.5. The molecule has 0 spiro atoms. The fourth-order valence-electron chi connectivity index (χ4n) is 1.54. The second-order valence-corrected chi connectivity index (χ2v) is 6.02. The molecular formula is C12H12F2N6OS2. The number of anilines is 3. The first-order valence-corrected chi connectivity index (χ1v) is 8.04. The monoisotopic (exact) mass is 358 g/mol. The van der Waals surface area contributed by atoms with Crippen LogP contribution in [-0.2, 0) is 4.79 Å². The third kappa shape index (κ3) is 5.53. The molecule has 0 aliphatic rings. The molecule has 0 fully saturated rings. The number of nitrogens with zero attached hydrogens (tertiary/aromatic N) is 3. The highest BCUT2D eigenvalue weighted by Gasteiger charge is 2.12. The van der Waals surface area contributed by atoms with Gasteiger partial charge >= 0.3 is 0 Å². The molecule has 0 saturated carbocycles. The van der Waals surface area contributed by atoms with Crippen LogP contribution in [-0.4, -0.2) is 32.4 Å². The van der Waals surface area contributed by atoms with Gasteiger partial charge in [-0.3, -0.25) is 4.79 Å². The summed E-state index contributed by atoms with van der Waals surface area (Å²) in [6, 6.07) is 6.32. The van der Waals surface area contributed by atoms with Crippen molar-refractivity contribution in [2.24, 2.45) is 0 Å². The van der Waals surface area contributed by atoms with Crippen molar-refractivity contribution in [1.82, 2.24) is 15.0 Å². The van der Waals surface area contributed by atoms with Crippen LogP contribution in [0.5, 0.6) is 0 Å². The first-order chi connectivity index (χ1) is 10.9. The molecule has 0 saturated heterocycles. The Kier molecular flexibility index (Phi) is 5.93. The van der Waals surface area contributed by atoms with E-state index in [0.29, 0.717) is 17.4 Å². The van der Waals surface area contributed by atoms with Crippen molar-refractivity contribution in [1.29, 1.82) is 0 Å². The zero-order valence-corrected chi connectivity index (χ0v) is 13.2. The summed E-state index contributed by atoms with van der Waals surface area (Å²) in [5, 5.41) is 2.78. The van der Waals surface area contributed by atoms with Crippen molar-refractivity contribution in [2.45, 2.75) is 15.8 Å². The zero-order chi connectivity index (χ0) is 16.8. The number of para-hydroxylation sites is 1. The van der Waals surface area contributed by atoms with Crippen LogP contribution in [0.15, 0.2) is 34.3 Å². The number of rotatable bonds is 6. The van der Waals surface area contributed by atoms with Crippen molar-refractivity contribution in [3.63, 3.8) is 0 Å². The summed E-state index contributed by atoms with van der Waals surface area (Å²) in [7, 11) is 0. The van der Waals surface area contributed by atoms with Gasteiger partial charge in [0.15, 0.2) is 5.16 Å². The Morgan fingerprint density at radius 1 is 1.17 bits per heavy atom. The Morgan fingerprint density at radius 3 is 2.48 bits per heavy atom. The van der Waals surface area contributed by atoms with E-state index in [9.17, 15) is 13.6 Å². The van der Waals surface area contributed by atoms with Gasteiger partial charge < -0.3 is 16.8 Å². The lowest BCUT2D eigenvalue weighted by Gasteiger charge is -2.10. The molecule has 23 heavy (non-hydrogen) atoms. The maximum Gasteiger partial charge on any atom is 0.288 e. The van der Waals surface area contributed by atoms with Crippen molar-refractivity contribution in [2.75, 3.05) is 22.5 Å². The normalized spacial score (nSPS) is 10.7. The minimum Gasteiger partial charge on any atom is -0.368 e. The number of nitrogens with two attached hydrogens (primary N) is 2. The average molecular weight is 358 g/mol. The predicted octanol–water partition coefficient (Wildman–Crippen LogP) is 2.08. The first-order valence-electron chi connectivity index (χ1n) is 6.17. The molecule has 1 aromatic carbocycles. The highest BCUT2D eigenvalue weighted by molar-refractivity contribution is 8.00. The topological polar surface area (TPSA) is 120 Å². The molecule has 0 unspecified atom stereocenters. The lowest BCUT2D eigenvalue weighted by atomic mass is 10.3. The number of benzene rings is 1. The van der Waals surface area contributed by atoms with E-state index in [2.05, 4.69) is 20.3 Å². The number of carbonyl (C=O) groups excluding carboxylic acids is 1. The zero-order valence-electron chi connectivity index (χ0n) is 11.6. The molecule has 2 rings (SSSR count). The minimum absolute atomic E-state index is 0.0312. The number of aromatic nitrogens is 3. The number of hydrogen-bond acceptors (Lipinski definition) is 8. The Morgan fingerprint density at radius 2 is 1.83 bits per heavy atom. The summed E-state index contributed by atoms with van der Waals surface area (Å²) in [6.45, 7) is 0. The SMILES string of the molecule is Nc1nc(N)nc(SCC(=O)Nc2ccccc2SC(F)F)n1. The quantitative estimate of drug-likeness (QED) is 0.671. The predicted molar refractivity (Wildman–Crippen MR) is 86.3 cm³/mol. The summed E-state index contributed by atoms with van der Waals surface area (Å²) < 4.78 is 25.0. The lowest BCUT2D eigenvalue weighted by Crippen LogP contribution is -2.15. The van der Waals surface area contributed by atoms with Crippen LogP contribution in [0, 0.1) is 0 Å². The van der Waals surface area contributed by atoms with Crippen molar-refractivity contribution in [3.8, 4) is 0 Å². The summed E-state index contributed by atoms with van der Waals surface area (Å²) in [5.74, 6) is -3.08. The fourth-order valence-corrected chi connectivity index (χ4v) is 2.78. The van der Waals surface area contributed by atoms with E-state index in [1.54, 1.807) is 18.2 Å². The molecule has 0 bridgehead atoms. The molecule has 5 N–H and O–H groups in total. The number of thioether (sulfide) groups is 2. The smallest absolute Gasteiger partial charge is 0.288 e. The van der Waals surface area contributed by atoms with E-state index >= 15 is 0 Å². The average Bonchev–Trinajstić information content (AvgIpc) is 2.46. The molecule has 1 amide bonds. The molecular weight excluding hydrogens is 346 g/mol. The highest BCUT2D eigenvalue weighted by atomic mass is 32.2.